The van der Waals surface area contributed by atoms with Crippen LogP contribution in [0.4, 0.5) is 23.7 Å². The summed E-state index contributed by atoms with van der Waals surface area (Å²) in [4.78, 5) is 41.5. The summed E-state index contributed by atoms with van der Waals surface area (Å²) < 4.78 is 43.4. The Hall–Kier alpha value is -3.35. The highest BCUT2D eigenvalue weighted by Gasteiger charge is 2.33. The van der Waals surface area contributed by atoms with E-state index in [-0.39, 0.29) is 28.8 Å². The Balaban J connectivity index is 1.19. The van der Waals surface area contributed by atoms with Crippen molar-refractivity contribution in [2.45, 2.75) is 56.5 Å². The zero-order valence-electron chi connectivity index (χ0n) is 19.0. The molecule has 2 aliphatic rings. The highest BCUT2D eigenvalue weighted by atomic mass is 35.5. The van der Waals surface area contributed by atoms with Crippen molar-refractivity contribution in [3.05, 3.63) is 51.2 Å². The highest BCUT2D eigenvalue weighted by Crippen LogP contribution is 2.28. The fourth-order valence-corrected chi connectivity index (χ4v) is 4.55. The minimum Gasteiger partial charge on any atom is -0.444 e. The summed E-state index contributed by atoms with van der Waals surface area (Å²) in [5, 5.41) is 11.7. The van der Waals surface area contributed by atoms with Gasteiger partial charge in [0.2, 0.25) is 0 Å². The SMILES string of the molecule is O=C(NC1CCC(NC(=O)c2ccc(C(F)(F)F)nc2)CC1)O[C@@H]1CCN(c2cn[nH]c(=O)c2Cl)C1. The van der Waals surface area contributed by atoms with Crippen LogP contribution in [0.25, 0.3) is 0 Å². The minimum atomic E-state index is -4.56. The Morgan fingerprint density at radius 3 is 2.42 bits per heavy atom. The maximum Gasteiger partial charge on any atom is 0.433 e. The molecule has 0 bridgehead atoms. The number of hydrogen-bond acceptors (Lipinski definition) is 7. The topological polar surface area (TPSA) is 129 Å². The van der Waals surface area contributed by atoms with E-state index in [2.05, 4.69) is 25.8 Å². The van der Waals surface area contributed by atoms with Crippen LogP contribution in [-0.2, 0) is 10.9 Å². The average Bonchev–Trinajstić information content (AvgIpc) is 3.29. The number of pyridine rings is 1. The number of rotatable bonds is 5. The molecular formula is C22H24ClF3N6O4. The number of nitrogens with one attached hydrogen (secondary N) is 3. The van der Waals surface area contributed by atoms with E-state index in [4.69, 9.17) is 16.3 Å². The molecule has 14 heteroatoms. The summed E-state index contributed by atoms with van der Waals surface area (Å²) in [6, 6.07) is 1.58. The molecule has 3 heterocycles. The molecule has 36 heavy (non-hydrogen) atoms. The summed E-state index contributed by atoms with van der Waals surface area (Å²) in [6.45, 7) is 0.942. The van der Waals surface area contributed by atoms with Crippen molar-refractivity contribution in [2.75, 3.05) is 18.0 Å². The van der Waals surface area contributed by atoms with Gasteiger partial charge in [-0.1, -0.05) is 11.6 Å². The third-order valence-electron chi connectivity index (χ3n) is 6.24. The molecule has 10 nitrogen and oxygen atoms in total. The third kappa shape index (κ3) is 6.25. The number of aromatic amines is 1. The first kappa shape index (κ1) is 25.7. The summed E-state index contributed by atoms with van der Waals surface area (Å²) in [5.74, 6) is -0.492. The number of aromatic nitrogens is 3. The number of amides is 2. The molecule has 2 fully saturated rings. The molecule has 1 aliphatic carbocycles. The van der Waals surface area contributed by atoms with E-state index in [1.54, 1.807) is 0 Å². The number of H-pyrrole nitrogens is 1. The lowest BCUT2D eigenvalue weighted by molar-refractivity contribution is -0.141. The van der Waals surface area contributed by atoms with Gasteiger partial charge in [-0.25, -0.2) is 9.89 Å². The van der Waals surface area contributed by atoms with Crippen LogP contribution in [0, 0.1) is 0 Å². The van der Waals surface area contributed by atoms with Gasteiger partial charge in [0.05, 0.1) is 24.0 Å². The van der Waals surface area contributed by atoms with Crippen LogP contribution >= 0.6 is 11.6 Å². The number of nitrogens with zero attached hydrogens (tertiary/aromatic N) is 3. The molecule has 0 radical (unpaired) electrons. The van der Waals surface area contributed by atoms with E-state index in [1.165, 1.54) is 6.20 Å². The van der Waals surface area contributed by atoms with Gasteiger partial charge in [-0.05, 0) is 37.8 Å². The number of hydrogen-bond donors (Lipinski definition) is 3. The smallest absolute Gasteiger partial charge is 0.433 e. The quantitative estimate of drug-likeness (QED) is 0.544. The monoisotopic (exact) mass is 528 g/mol. The number of carbonyl (C=O) groups excluding carboxylic acids is 2. The predicted octanol–water partition coefficient (Wildman–Crippen LogP) is 2.88. The average molecular weight is 529 g/mol. The first-order chi connectivity index (χ1) is 17.1. The molecule has 1 saturated heterocycles. The molecule has 1 aliphatic heterocycles. The Morgan fingerprint density at radius 1 is 1.08 bits per heavy atom. The van der Waals surface area contributed by atoms with E-state index in [0.29, 0.717) is 50.9 Å². The van der Waals surface area contributed by atoms with Gasteiger partial charge < -0.3 is 20.3 Å². The standard InChI is InChI=1S/C22H24ClF3N6O4/c23-18-16(10-28-31-20(18)34)32-8-7-15(11-32)36-21(35)30-14-4-2-13(3-5-14)29-19(33)12-1-6-17(27-9-12)22(24,25)26/h1,6,9-10,13-15H,2-5,7-8,11H2,(H,29,33)(H,30,35)(H,31,34)/t13?,14?,15-/m1/s1. The van der Waals surface area contributed by atoms with Crippen molar-refractivity contribution >= 4 is 29.3 Å². The van der Waals surface area contributed by atoms with Crippen molar-refractivity contribution < 1.29 is 27.5 Å². The molecule has 4 rings (SSSR count). The van der Waals surface area contributed by atoms with E-state index >= 15 is 0 Å². The van der Waals surface area contributed by atoms with Crippen LogP contribution in [0.2, 0.25) is 5.02 Å². The maximum atomic E-state index is 12.6. The zero-order valence-corrected chi connectivity index (χ0v) is 19.7. The molecule has 2 amide bonds. The number of alkyl halides is 3. The molecule has 0 unspecified atom stereocenters. The lowest BCUT2D eigenvalue weighted by Gasteiger charge is -2.29. The van der Waals surface area contributed by atoms with Crippen molar-refractivity contribution in [3.8, 4) is 0 Å². The van der Waals surface area contributed by atoms with Gasteiger partial charge in [0.1, 0.15) is 16.8 Å². The summed E-state index contributed by atoms with van der Waals surface area (Å²) >= 11 is 6.04. The van der Waals surface area contributed by atoms with Gasteiger partial charge in [0.15, 0.2) is 0 Å². The number of anilines is 1. The summed E-state index contributed by atoms with van der Waals surface area (Å²) in [5.41, 5.74) is -1.01. The number of alkyl carbamates (subject to hydrolysis) is 1. The Bertz CT molecular complexity index is 1150. The number of halogens is 4. The van der Waals surface area contributed by atoms with Gasteiger partial charge in [-0.2, -0.15) is 18.3 Å². The second kappa shape index (κ2) is 10.7. The second-order valence-electron chi connectivity index (χ2n) is 8.76. The molecule has 0 aromatic carbocycles. The zero-order chi connectivity index (χ0) is 25.9. The molecule has 1 atom stereocenters. The summed E-state index contributed by atoms with van der Waals surface area (Å²) in [6.07, 6.45) is -0.129. The Kier molecular flexibility index (Phi) is 7.67. The molecule has 2 aromatic heterocycles. The molecule has 194 valence electrons. The van der Waals surface area contributed by atoms with E-state index in [0.717, 1.165) is 18.3 Å². The lowest BCUT2D eigenvalue weighted by atomic mass is 9.91. The largest absolute Gasteiger partial charge is 0.444 e. The van der Waals surface area contributed by atoms with Crippen molar-refractivity contribution in [1.29, 1.82) is 0 Å². The molecule has 1 saturated carbocycles. The fourth-order valence-electron chi connectivity index (χ4n) is 4.34. The van der Waals surface area contributed by atoms with Crippen LogP contribution in [0.3, 0.4) is 0 Å². The lowest BCUT2D eigenvalue weighted by Crippen LogP contribution is -2.44. The predicted molar refractivity (Wildman–Crippen MR) is 123 cm³/mol. The highest BCUT2D eigenvalue weighted by molar-refractivity contribution is 6.33. The summed E-state index contributed by atoms with van der Waals surface area (Å²) in [7, 11) is 0. The van der Waals surface area contributed by atoms with Crippen LogP contribution in [0.15, 0.2) is 29.3 Å². The van der Waals surface area contributed by atoms with Crippen molar-refractivity contribution in [3.63, 3.8) is 0 Å². The first-order valence-corrected chi connectivity index (χ1v) is 11.8. The first-order valence-electron chi connectivity index (χ1n) is 11.4. The Labute approximate surface area is 208 Å². The van der Waals surface area contributed by atoms with Gasteiger partial charge >= 0.3 is 12.3 Å². The van der Waals surface area contributed by atoms with Crippen LogP contribution in [0.5, 0.6) is 0 Å². The normalized spacial score (nSPS) is 22.2. The molecular weight excluding hydrogens is 505 g/mol. The maximum absolute atomic E-state index is 12.6. The molecule has 0 spiro atoms. The van der Waals surface area contributed by atoms with Crippen molar-refractivity contribution in [1.82, 2.24) is 25.8 Å². The van der Waals surface area contributed by atoms with E-state index < -0.39 is 29.4 Å². The van der Waals surface area contributed by atoms with Gasteiger partial charge in [0.25, 0.3) is 11.5 Å². The van der Waals surface area contributed by atoms with Crippen LogP contribution in [-0.4, -0.2) is 58.5 Å². The van der Waals surface area contributed by atoms with Crippen LogP contribution < -0.4 is 21.1 Å². The second-order valence-corrected chi connectivity index (χ2v) is 9.13. The number of ether oxygens (including phenoxy) is 1. The molecule has 3 N–H and O–H groups in total. The van der Waals surface area contributed by atoms with Gasteiger partial charge in [-0.3, -0.25) is 14.6 Å². The number of carbonyl (C=O) groups is 2. The van der Waals surface area contributed by atoms with Crippen LogP contribution in [0.1, 0.15) is 48.2 Å². The Morgan fingerprint density at radius 2 is 1.78 bits per heavy atom. The minimum absolute atomic E-state index is 0.0357. The van der Waals surface area contributed by atoms with E-state index in [9.17, 15) is 27.6 Å². The fraction of sp³-hybridized carbons (Fsp3) is 0.500. The van der Waals surface area contributed by atoms with Crippen molar-refractivity contribution in [2.24, 2.45) is 0 Å². The third-order valence-corrected chi connectivity index (χ3v) is 6.60. The molecule has 2 aromatic rings. The van der Waals surface area contributed by atoms with Gasteiger partial charge in [0, 0.05) is 31.2 Å². The van der Waals surface area contributed by atoms with E-state index in [1.807, 2.05) is 4.90 Å². The van der Waals surface area contributed by atoms with Gasteiger partial charge in [-0.15, -0.1) is 0 Å².